The number of hydrogen-bond donors (Lipinski definition) is 1. The smallest absolute Gasteiger partial charge is 0.236 e. The molecule has 0 aromatic heterocycles. The lowest BCUT2D eigenvalue weighted by Crippen LogP contribution is -2.49. The Morgan fingerprint density at radius 1 is 1.43 bits per heavy atom. The molecule has 4 nitrogen and oxygen atoms in total. The van der Waals surface area contributed by atoms with Crippen LogP contribution in [-0.4, -0.2) is 55.5 Å². The first-order chi connectivity index (χ1) is 9.56. The van der Waals surface area contributed by atoms with Gasteiger partial charge >= 0.3 is 0 Å². The van der Waals surface area contributed by atoms with Gasteiger partial charge in [-0.15, -0.1) is 12.4 Å². The number of carbonyl (C=O) groups excluding carboxylic acids is 1. The van der Waals surface area contributed by atoms with Crippen LogP contribution in [0.15, 0.2) is 22.7 Å². The summed E-state index contributed by atoms with van der Waals surface area (Å²) in [5.41, 5.74) is 1.03. The van der Waals surface area contributed by atoms with Crippen molar-refractivity contribution < 1.29 is 4.79 Å². The van der Waals surface area contributed by atoms with Crippen molar-refractivity contribution in [3.63, 3.8) is 0 Å². The number of nitrogens with one attached hydrogen (secondary N) is 1. The lowest BCUT2D eigenvalue weighted by molar-refractivity contribution is -0.132. The van der Waals surface area contributed by atoms with Gasteiger partial charge < -0.3 is 10.2 Å². The Labute approximate surface area is 145 Å². The third kappa shape index (κ3) is 5.75. The van der Waals surface area contributed by atoms with Gasteiger partial charge in [0.15, 0.2) is 0 Å². The molecule has 0 spiro atoms. The van der Waals surface area contributed by atoms with Crippen LogP contribution in [0.2, 0.25) is 5.02 Å². The van der Waals surface area contributed by atoms with Crippen molar-refractivity contribution >= 4 is 45.8 Å². The van der Waals surface area contributed by atoms with Gasteiger partial charge in [0.1, 0.15) is 0 Å². The van der Waals surface area contributed by atoms with Crippen LogP contribution in [-0.2, 0) is 11.3 Å². The van der Waals surface area contributed by atoms with Gasteiger partial charge in [-0.2, -0.15) is 0 Å². The minimum Gasteiger partial charge on any atom is -0.339 e. The molecule has 0 aliphatic carbocycles. The fourth-order valence-electron chi connectivity index (χ4n) is 2.24. The number of halogens is 3. The van der Waals surface area contributed by atoms with Gasteiger partial charge in [-0.1, -0.05) is 33.6 Å². The van der Waals surface area contributed by atoms with Crippen LogP contribution in [0.25, 0.3) is 0 Å². The highest BCUT2D eigenvalue weighted by Gasteiger charge is 2.17. The molecule has 1 saturated heterocycles. The van der Waals surface area contributed by atoms with Crippen LogP contribution in [0.4, 0.5) is 0 Å². The molecule has 1 aliphatic heterocycles. The number of nitrogens with zero attached hydrogens (tertiary/aromatic N) is 2. The summed E-state index contributed by atoms with van der Waals surface area (Å²) in [7, 11) is 1.94. The predicted octanol–water partition coefficient (Wildman–Crippen LogP) is 2.39. The van der Waals surface area contributed by atoms with E-state index in [1.54, 1.807) is 0 Å². The number of piperazine rings is 1. The Kier molecular flexibility index (Phi) is 7.98. The van der Waals surface area contributed by atoms with Gasteiger partial charge in [0.2, 0.25) is 5.91 Å². The molecule has 7 heteroatoms. The minimum atomic E-state index is 0. The molecule has 2 rings (SSSR count). The molecule has 1 aromatic carbocycles. The monoisotopic (exact) mass is 395 g/mol. The highest BCUT2D eigenvalue weighted by Crippen LogP contribution is 2.22. The lowest BCUT2D eigenvalue weighted by Gasteiger charge is -2.29. The lowest BCUT2D eigenvalue weighted by atomic mass is 10.2. The van der Waals surface area contributed by atoms with E-state index in [4.69, 9.17) is 11.6 Å². The maximum Gasteiger partial charge on any atom is 0.236 e. The number of hydrogen-bond acceptors (Lipinski definition) is 3. The third-order valence-electron chi connectivity index (χ3n) is 3.33. The molecule has 1 heterocycles. The summed E-state index contributed by atoms with van der Waals surface area (Å²) in [6.07, 6.45) is 0. The number of amides is 1. The fraction of sp³-hybridized carbons (Fsp3) is 0.500. The first-order valence-corrected chi connectivity index (χ1v) is 7.84. The van der Waals surface area contributed by atoms with E-state index in [-0.39, 0.29) is 18.3 Å². The van der Waals surface area contributed by atoms with Crippen molar-refractivity contribution in [2.24, 2.45) is 0 Å². The van der Waals surface area contributed by atoms with E-state index in [0.29, 0.717) is 13.1 Å². The highest BCUT2D eigenvalue weighted by molar-refractivity contribution is 9.10. The largest absolute Gasteiger partial charge is 0.339 e. The van der Waals surface area contributed by atoms with Gasteiger partial charge in [0.05, 0.1) is 6.54 Å². The molecule has 0 radical (unpaired) electrons. The van der Waals surface area contributed by atoms with Gasteiger partial charge in [-0.3, -0.25) is 9.69 Å². The minimum absolute atomic E-state index is 0. The zero-order valence-electron chi connectivity index (χ0n) is 11.9. The van der Waals surface area contributed by atoms with Crippen molar-refractivity contribution in [2.75, 3.05) is 39.8 Å². The van der Waals surface area contributed by atoms with Gasteiger partial charge in [-0.25, -0.2) is 0 Å². The average molecular weight is 397 g/mol. The van der Waals surface area contributed by atoms with Crippen LogP contribution >= 0.6 is 39.9 Å². The number of rotatable bonds is 4. The summed E-state index contributed by atoms with van der Waals surface area (Å²) in [4.78, 5) is 16.1. The summed E-state index contributed by atoms with van der Waals surface area (Å²) in [6, 6.07) is 5.83. The molecular formula is C14H20BrCl2N3O. The van der Waals surface area contributed by atoms with Gasteiger partial charge in [0.25, 0.3) is 0 Å². The third-order valence-corrected chi connectivity index (χ3v) is 4.18. The van der Waals surface area contributed by atoms with Crippen molar-refractivity contribution in [3.05, 3.63) is 33.3 Å². The molecular weight excluding hydrogens is 377 g/mol. The van der Waals surface area contributed by atoms with Crippen molar-refractivity contribution in [2.45, 2.75) is 6.54 Å². The van der Waals surface area contributed by atoms with Crippen molar-refractivity contribution in [1.29, 1.82) is 0 Å². The standard InChI is InChI=1S/C14H19BrClN3O.ClH/c1-18(9-11-2-3-12(15)8-13(11)16)10-14(20)19-6-4-17-5-7-19;/h2-3,8,17H,4-7,9-10H2,1H3;1H. The second-order valence-corrected chi connectivity index (χ2v) is 6.36. The van der Waals surface area contributed by atoms with Crippen LogP contribution in [0.3, 0.4) is 0 Å². The molecule has 0 atom stereocenters. The molecule has 1 N–H and O–H groups in total. The normalized spacial score (nSPS) is 15.0. The van der Waals surface area contributed by atoms with Crippen LogP contribution in [0.1, 0.15) is 5.56 Å². The summed E-state index contributed by atoms with van der Waals surface area (Å²) < 4.78 is 0.964. The first-order valence-electron chi connectivity index (χ1n) is 6.67. The summed E-state index contributed by atoms with van der Waals surface area (Å²) >= 11 is 9.59. The maximum atomic E-state index is 12.2. The average Bonchev–Trinajstić information content (AvgIpc) is 2.43. The molecule has 1 aromatic rings. The van der Waals surface area contributed by atoms with Crippen molar-refractivity contribution in [1.82, 2.24) is 15.1 Å². The molecule has 0 saturated carbocycles. The van der Waals surface area contributed by atoms with Crippen LogP contribution < -0.4 is 5.32 Å². The maximum absolute atomic E-state index is 12.2. The van der Waals surface area contributed by atoms with E-state index < -0.39 is 0 Å². The summed E-state index contributed by atoms with van der Waals surface area (Å²) in [5, 5.41) is 3.97. The molecule has 118 valence electrons. The zero-order chi connectivity index (χ0) is 14.5. The van der Waals surface area contributed by atoms with Gasteiger partial charge in [0, 0.05) is 42.2 Å². The van der Waals surface area contributed by atoms with E-state index in [0.717, 1.165) is 41.2 Å². The van der Waals surface area contributed by atoms with E-state index in [2.05, 4.69) is 21.2 Å². The van der Waals surface area contributed by atoms with E-state index >= 15 is 0 Å². The fourth-order valence-corrected chi connectivity index (χ4v) is 2.97. The SMILES string of the molecule is CN(CC(=O)N1CCNCC1)Cc1ccc(Br)cc1Cl.Cl. The predicted molar refractivity (Wildman–Crippen MR) is 92.2 cm³/mol. The second kappa shape index (κ2) is 8.96. The summed E-state index contributed by atoms with van der Waals surface area (Å²) in [6.45, 7) is 4.45. The molecule has 0 bridgehead atoms. The number of benzene rings is 1. The van der Waals surface area contributed by atoms with Gasteiger partial charge in [-0.05, 0) is 24.7 Å². The zero-order valence-corrected chi connectivity index (χ0v) is 15.1. The quantitative estimate of drug-likeness (QED) is 0.848. The molecule has 1 fully saturated rings. The summed E-state index contributed by atoms with van der Waals surface area (Å²) in [5.74, 6) is 0.183. The molecule has 1 aliphatic rings. The molecule has 21 heavy (non-hydrogen) atoms. The topological polar surface area (TPSA) is 35.6 Å². The van der Waals surface area contributed by atoms with E-state index in [1.807, 2.05) is 35.0 Å². The highest BCUT2D eigenvalue weighted by atomic mass is 79.9. The Bertz CT molecular complexity index is 481. The molecule has 0 unspecified atom stereocenters. The first kappa shape index (κ1) is 18.7. The Morgan fingerprint density at radius 3 is 2.71 bits per heavy atom. The van der Waals surface area contributed by atoms with Crippen LogP contribution in [0.5, 0.6) is 0 Å². The Hall–Kier alpha value is -0.330. The Morgan fingerprint density at radius 2 is 2.10 bits per heavy atom. The second-order valence-electron chi connectivity index (χ2n) is 5.04. The number of likely N-dealkylation sites (N-methyl/N-ethyl adjacent to an activating group) is 1. The molecule has 1 amide bonds. The van der Waals surface area contributed by atoms with E-state index in [9.17, 15) is 4.79 Å². The van der Waals surface area contributed by atoms with Crippen molar-refractivity contribution in [3.8, 4) is 0 Å². The van der Waals surface area contributed by atoms with Crippen LogP contribution in [0, 0.1) is 0 Å². The van der Waals surface area contributed by atoms with E-state index in [1.165, 1.54) is 0 Å². The Balaban J connectivity index is 0.00000220. The number of carbonyl (C=O) groups is 1.